The van der Waals surface area contributed by atoms with Gasteiger partial charge in [-0.15, -0.1) is 0 Å². The fraction of sp³-hybridized carbons (Fsp3) is 0.444. The highest BCUT2D eigenvalue weighted by Crippen LogP contribution is 2.27. The number of amides is 1. The van der Waals surface area contributed by atoms with Crippen LogP contribution >= 0.6 is 11.6 Å². The molecule has 3 rings (SSSR count). The molecule has 2 aromatic rings. The molecule has 0 radical (unpaired) electrons. The van der Waals surface area contributed by atoms with Gasteiger partial charge in [-0.05, 0) is 38.5 Å². The summed E-state index contributed by atoms with van der Waals surface area (Å²) in [5.41, 5.74) is 2.63. The molecule has 24 heavy (non-hydrogen) atoms. The molecule has 0 spiro atoms. The van der Waals surface area contributed by atoms with E-state index in [-0.39, 0.29) is 18.1 Å². The first-order valence-corrected chi connectivity index (χ1v) is 8.41. The number of carbonyl (C=O) groups excluding carboxylic acids is 1. The molecule has 0 N–H and O–H groups in total. The zero-order valence-electron chi connectivity index (χ0n) is 14.1. The molecule has 1 fully saturated rings. The average Bonchev–Trinajstić information content (AvgIpc) is 2.87. The van der Waals surface area contributed by atoms with Gasteiger partial charge in [0.05, 0.1) is 31.3 Å². The second kappa shape index (κ2) is 6.95. The third-order valence-electron chi connectivity index (χ3n) is 4.48. The maximum Gasteiger partial charge on any atom is 0.227 e. The molecular formula is C18H21ClN2O3. The van der Waals surface area contributed by atoms with E-state index >= 15 is 0 Å². The fourth-order valence-corrected chi connectivity index (χ4v) is 3.22. The number of rotatable bonds is 3. The van der Waals surface area contributed by atoms with Gasteiger partial charge in [-0.25, -0.2) is 0 Å². The zero-order chi connectivity index (χ0) is 17.3. The van der Waals surface area contributed by atoms with E-state index in [0.29, 0.717) is 30.4 Å². The van der Waals surface area contributed by atoms with Crippen LogP contribution in [0, 0.1) is 13.8 Å². The Kier molecular flexibility index (Phi) is 4.92. The van der Waals surface area contributed by atoms with Crippen molar-refractivity contribution in [3.05, 3.63) is 51.9 Å². The summed E-state index contributed by atoms with van der Waals surface area (Å²) < 4.78 is 11.1. The Bertz CT molecular complexity index is 724. The van der Waals surface area contributed by atoms with E-state index in [1.54, 1.807) is 0 Å². The highest BCUT2D eigenvalue weighted by Gasteiger charge is 2.31. The number of carbonyl (C=O) groups is 1. The molecule has 1 aliphatic heterocycles. The first-order valence-electron chi connectivity index (χ1n) is 8.04. The molecule has 1 aromatic heterocycles. The van der Waals surface area contributed by atoms with E-state index in [2.05, 4.69) is 5.16 Å². The van der Waals surface area contributed by atoms with Crippen LogP contribution in [0.1, 0.15) is 35.6 Å². The second-order valence-electron chi connectivity index (χ2n) is 6.25. The molecule has 1 amide bonds. The monoisotopic (exact) mass is 348 g/mol. The van der Waals surface area contributed by atoms with Gasteiger partial charge in [0.15, 0.2) is 0 Å². The van der Waals surface area contributed by atoms with Crippen molar-refractivity contribution in [2.75, 3.05) is 13.2 Å². The van der Waals surface area contributed by atoms with Crippen molar-refractivity contribution < 1.29 is 14.1 Å². The summed E-state index contributed by atoms with van der Waals surface area (Å²) in [5, 5.41) is 4.59. The normalized spacial score (nSPS) is 21.1. The number of aryl methyl sites for hydroxylation is 2. The van der Waals surface area contributed by atoms with Crippen LogP contribution in [0.2, 0.25) is 5.02 Å². The largest absolute Gasteiger partial charge is 0.370 e. The number of ether oxygens (including phenoxy) is 1. The average molecular weight is 349 g/mol. The van der Waals surface area contributed by atoms with Crippen LogP contribution in [-0.2, 0) is 16.0 Å². The Morgan fingerprint density at radius 2 is 2.21 bits per heavy atom. The lowest BCUT2D eigenvalue weighted by atomic mass is 10.0. The minimum absolute atomic E-state index is 0.0356. The number of hydrogen-bond acceptors (Lipinski definition) is 4. The number of halogens is 1. The summed E-state index contributed by atoms with van der Waals surface area (Å²) in [6.07, 6.45) is 0.141. The van der Waals surface area contributed by atoms with E-state index in [9.17, 15) is 4.79 Å². The number of nitrogens with zero attached hydrogens (tertiary/aromatic N) is 2. The van der Waals surface area contributed by atoms with Crippen LogP contribution in [0.3, 0.4) is 0 Å². The van der Waals surface area contributed by atoms with Crippen LogP contribution in [0.25, 0.3) is 0 Å². The van der Waals surface area contributed by atoms with Crippen molar-refractivity contribution in [2.24, 2.45) is 0 Å². The second-order valence-corrected chi connectivity index (χ2v) is 6.69. The quantitative estimate of drug-likeness (QED) is 0.852. The van der Waals surface area contributed by atoms with E-state index in [1.165, 1.54) is 0 Å². The summed E-state index contributed by atoms with van der Waals surface area (Å²) in [7, 11) is 0. The minimum Gasteiger partial charge on any atom is -0.370 e. The van der Waals surface area contributed by atoms with Crippen molar-refractivity contribution in [1.82, 2.24) is 10.1 Å². The molecule has 0 unspecified atom stereocenters. The molecular weight excluding hydrogens is 328 g/mol. The highest BCUT2D eigenvalue weighted by atomic mass is 35.5. The third-order valence-corrected chi connectivity index (χ3v) is 4.72. The van der Waals surface area contributed by atoms with Gasteiger partial charge in [0.25, 0.3) is 0 Å². The molecule has 1 aliphatic rings. The van der Waals surface area contributed by atoms with Gasteiger partial charge in [0, 0.05) is 10.6 Å². The summed E-state index contributed by atoms with van der Waals surface area (Å²) in [5.74, 6) is 0.764. The Morgan fingerprint density at radius 1 is 1.42 bits per heavy atom. The van der Waals surface area contributed by atoms with Crippen LogP contribution in [0.15, 0.2) is 28.8 Å². The first-order chi connectivity index (χ1) is 11.5. The Hall–Kier alpha value is -1.85. The predicted molar refractivity (Wildman–Crippen MR) is 91.0 cm³/mol. The Morgan fingerprint density at radius 3 is 2.88 bits per heavy atom. The predicted octanol–water partition coefficient (Wildman–Crippen LogP) is 3.48. The minimum atomic E-state index is -0.159. The van der Waals surface area contributed by atoms with Crippen LogP contribution < -0.4 is 0 Å². The molecule has 128 valence electrons. The molecule has 1 aromatic carbocycles. The lowest BCUT2D eigenvalue weighted by Gasteiger charge is -2.38. The molecule has 5 nitrogen and oxygen atoms in total. The number of hydrogen-bond donors (Lipinski definition) is 0. The maximum absolute atomic E-state index is 12.8. The molecule has 2 heterocycles. The smallest absolute Gasteiger partial charge is 0.227 e. The number of aromatic nitrogens is 1. The van der Waals surface area contributed by atoms with E-state index in [1.807, 2.05) is 49.9 Å². The Labute approximate surface area is 146 Å². The molecule has 1 saturated heterocycles. The standard InChI is InChI=1S/C18H21ClN2O3/c1-11-10-23-17(14-5-4-6-15(19)7-14)9-21(11)18(22)8-16-12(2)20-24-13(16)3/h4-7,11,17H,8-10H2,1-3H3/t11-,17-/m0/s1. The first kappa shape index (κ1) is 17.0. The van der Waals surface area contributed by atoms with E-state index in [4.69, 9.17) is 20.9 Å². The van der Waals surface area contributed by atoms with Crippen molar-refractivity contribution in [3.63, 3.8) is 0 Å². The van der Waals surface area contributed by atoms with E-state index < -0.39 is 0 Å². The lowest BCUT2D eigenvalue weighted by Crippen LogP contribution is -2.48. The van der Waals surface area contributed by atoms with Gasteiger partial charge in [-0.1, -0.05) is 28.9 Å². The molecule has 2 atom stereocenters. The van der Waals surface area contributed by atoms with Crippen molar-refractivity contribution in [3.8, 4) is 0 Å². The van der Waals surface area contributed by atoms with Gasteiger partial charge < -0.3 is 14.2 Å². The topological polar surface area (TPSA) is 55.6 Å². The lowest BCUT2D eigenvalue weighted by molar-refractivity contribution is -0.143. The Balaban J connectivity index is 1.75. The molecule has 0 bridgehead atoms. The zero-order valence-corrected chi connectivity index (χ0v) is 14.8. The van der Waals surface area contributed by atoms with Crippen molar-refractivity contribution in [2.45, 2.75) is 39.3 Å². The van der Waals surface area contributed by atoms with Crippen molar-refractivity contribution >= 4 is 17.5 Å². The summed E-state index contributed by atoms with van der Waals surface area (Å²) in [6.45, 7) is 6.71. The third kappa shape index (κ3) is 3.47. The number of benzene rings is 1. The van der Waals surface area contributed by atoms with Crippen LogP contribution in [0.5, 0.6) is 0 Å². The van der Waals surface area contributed by atoms with Crippen LogP contribution in [0.4, 0.5) is 0 Å². The number of morpholine rings is 1. The molecule has 0 saturated carbocycles. The highest BCUT2D eigenvalue weighted by molar-refractivity contribution is 6.30. The summed E-state index contributed by atoms with van der Waals surface area (Å²) >= 11 is 6.07. The summed E-state index contributed by atoms with van der Waals surface area (Å²) in [6, 6.07) is 7.63. The van der Waals surface area contributed by atoms with Crippen molar-refractivity contribution in [1.29, 1.82) is 0 Å². The fourth-order valence-electron chi connectivity index (χ4n) is 3.02. The van der Waals surface area contributed by atoms with Gasteiger partial charge in [-0.3, -0.25) is 4.79 Å². The molecule has 6 heteroatoms. The maximum atomic E-state index is 12.8. The van der Waals surface area contributed by atoms with Crippen LogP contribution in [-0.4, -0.2) is 35.2 Å². The molecule has 0 aliphatic carbocycles. The SMILES string of the molecule is Cc1noc(C)c1CC(=O)N1C[C@@H](c2cccc(Cl)c2)OC[C@@H]1C. The summed E-state index contributed by atoms with van der Waals surface area (Å²) in [4.78, 5) is 14.7. The van der Waals surface area contributed by atoms with Gasteiger partial charge in [-0.2, -0.15) is 0 Å². The van der Waals surface area contributed by atoms with Gasteiger partial charge in [0.1, 0.15) is 11.9 Å². The van der Waals surface area contributed by atoms with Gasteiger partial charge in [0.2, 0.25) is 5.91 Å². The van der Waals surface area contributed by atoms with E-state index in [0.717, 1.165) is 16.8 Å². The van der Waals surface area contributed by atoms with Gasteiger partial charge >= 0.3 is 0 Å².